The maximum absolute atomic E-state index is 13.5. The van der Waals surface area contributed by atoms with E-state index >= 15 is 0 Å². The molecule has 4 rings (SSSR count). The van der Waals surface area contributed by atoms with Gasteiger partial charge in [0.05, 0.1) is 25.4 Å². The van der Waals surface area contributed by atoms with Crippen molar-refractivity contribution in [1.82, 2.24) is 24.5 Å². The van der Waals surface area contributed by atoms with Crippen molar-refractivity contribution in [2.24, 2.45) is 0 Å². The summed E-state index contributed by atoms with van der Waals surface area (Å²) in [7, 11) is 0. The lowest BCUT2D eigenvalue weighted by Gasteiger charge is -2.16. The quantitative estimate of drug-likeness (QED) is 0.684. The molecule has 9 nitrogen and oxygen atoms in total. The molecule has 0 radical (unpaired) electrons. The van der Waals surface area contributed by atoms with Crippen LogP contribution in [0, 0.1) is 0 Å². The summed E-state index contributed by atoms with van der Waals surface area (Å²) in [6.07, 6.45) is 6.00. The minimum absolute atomic E-state index is 0.0117. The van der Waals surface area contributed by atoms with E-state index < -0.39 is 0 Å². The standard InChI is InChI=1S/C23H31N5O4/c1-5-18-17(11-15-12-23(3,4)24-13-15)21(30)28-22(27(18)14-19(29)32-6-2)25-20(26-28)16-7-9-31-10-8-16/h7,11,24H,5-6,8-10,12-14H2,1-4H3/b15-11+. The van der Waals surface area contributed by atoms with Gasteiger partial charge in [-0.15, -0.1) is 5.10 Å². The molecular formula is C23H31N5O4. The Morgan fingerprint density at radius 1 is 1.38 bits per heavy atom. The first-order valence-corrected chi connectivity index (χ1v) is 11.2. The van der Waals surface area contributed by atoms with Crippen LogP contribution in [0.3, 0.4) is 0 Å². The van der Waals surface area contributed by atoms with Gasteiger partial charge in [-0.2, -0.15) is 9.50 Å². The van der Waals surface area contributed by atoms with Gasteiger partial charge in [-0.3, -0.25) is 9.59 Å². The van der Waals surface area contributed by atoms with Crippen LogP contribution >= 0.6 is 0 Å². The van der Waals surface area contributed by atoms with E-state index in [1.54, 1.807) is 11.5 Å². The first kappa shape index (κ1) is 22.4. The average molecular weight is 442 g/mol. The van der Waals surface area contributed by atoms with E-state index in [1.807, 2.05) is 19.1 Å². The van der Waals surface area contributed by atoms with Gasteiger partial charge in [0.1, 0.15) is 6.54 Å². The molecule has 0 saturated carbocycles. The predicted octanol–water partition coefficient (Wildman–Crippen LogP) is 1.98. The van der Waals surface area contributed by atoms with E-state index in [0.717, 1.165) is 29.8 Å². The second-order valence-electron chi connectivity index (χ2n) is 8.83. The predicted molar refractivity (Wildman–Crippen MR) is 121 cm³/mol. The third-order valence-electron chi connectivity index (χ3n) is 5.88. The Hall–Kier alpha value is -2.78. The summed E-state index contributed by atoms with van der Waals surface area (Å²) in [5.74, 6) is 0.484. The van der Waals surface area contributed by atoms with Crippen molar-refractivity contribution in [2.75, 3.05) is 26.4 Å². The van der Waals surface area contributed by atoms with Crippen LogP contribution in [0.5, 0.6) is 0 Å². The van der Waals surface area contributed by atoms with Gasteiger partial charge >= 0.3 is 5.97 Å². The van der Waals surface area contributed by atoms with Crippen LogP contribution in [0.15, 0.2) is 16.4 Å². The van der Waals surface area contributed by atoms with Crippen molar-refractivity contribution >= 4 is 23.4 Å². The first-order chi connectivity index (χ1) is 15.3. The van der Waals surface area contributed by atoms with Crippen LogP contribution in [-0.4, -0.2) is 57.0 Å². The summed E-state index contributed by atoms with van der Waals surface area (Å²) < 4.78 is 13.7. The number of ether oxygens (including phenoxy) is 2. The van der Waals surface area contributed by atoms with E-state index in [2.05, 4.69) is 29.2 Å². The lowest BCUT2D eigenvalue weighted by Crippen LogP contribution is -2.31. The summed E-state index contributed by atoms with van der Waals surface area (Å²) in [5, 5.41) is 8.01. The number of carbonyl (C=O) groups excluding carboxylic acids is 1. The number of nitrogens with one attached hydrogen (secondary N) is 1. The molecule has 2 aromatic heterocycles. The zero-order valence-corrected chi connectivity index (χ0v) is 19.2. The molecular weight excluding hydrogens is 410 g/mol. The summed E-state index contributed by atoms with van der Waals surface area (Å²) in [5.41, 5.74) is 3.17. The summed E-state index contributed by atoms with van der Waals surface area (Å²) >= 11 is 0. The summed E-state index contributed by atoms with van der Waals surface area (Å²) in [4.78, 5) is 30.6. The third-order valence-corrected chi connectivity index (χ3v) is 5.88. The Bertz CT molecular complexity index is 1160. The number of nitrogens with zero attached hydrogens (tertiary/aromatic N) is 4. The number of aromatic nitrogens is 4. The van der Waals surface area contributed by atoms with Gasteiger partial charge < -0.3 is 19.4 Å². The van der Waals surface area contributed by atoms with Gasteiger partial charge in [0.2, 0.25) is 5.78 Å². The molecule has 0 aliphatic carbocycles. The third kappa shape index (κ3) is 4.40. The van der Waals surface area contributed by atoms with Crippen molar-refractivity contribution in [1.29, 1.82) is 0 Å². The number of rotatable bonds is 6. The lowest BCUT2D eigenvalue weighted by atomic mass is 9.99. The normalized spacial score (nSPS) is 19.5. The molecule has 0 spiro atoms. The zero-order chi connectivity index (χ0) is 22.9. The van der Waals surface area contributed by atoms with E-state index in [1.165, 1.54) is 4.52 Å². The number of esters is 1. The highest BCUT2D eigenvalue weighted by Gasteiger charge is 2.27. The van der Waals surface area contributed by atoms with Crippen LogP contribution in [-0.2, 0) is 27.2 Å². The molecule has 1 fully saturated rings. The Balaban J connectivity index is 1.91. The van der Waals surface area contributed by atoms with Crippen molar-refractivity contribution in [2.45, 2.75) is 59.0 Å². The number of hydrogen-bond acceptors (Lipinski definition) is 7. The molecule has 4 heterocycles. The number of fused-ring (bicyclic) bond motifs is 1. The molecule has 0 amide bonds. The summed E-state index contributed by atoms with van der Waals surface area (Å²) in [6, 6.07) is 0. The van der Waals surface area contributed by atoms with Gasteiger partial charge in [0.15, 0.2) is 5.82 Å². The van der Waals surface area contributed by atoms with E-state index in [-0.39, 0.29) is 23.6 Å². The molecule has 2 aromatic rings. The Kier molecular flexibility index (Phi) is 6.30. The highest BCUT2D eigenvalue weighted by atomic mass is 16.5. The monoisotopic (exact) mass is 441 g/mol. The maximum atomic E-state index is 13.5. The molecule has 0 aromatic carbocycles. The molecule has 32 heavy (non-hydrogen) atoms. The van der Waals surface area contributed by atoms with Gasteiger partial charge in [0.25, 0.3) is 5.56 Å². The minimum atomic E-state index is -0.371. The molecule has 0 atom stereocenters. The Morgan fingerprint density at radius 3 is 2.81 bits per heavy atom. The van der Waals surface area contributed by atoms with E-state index in [0.29, 0.717) is 49.8 Å². The van der Waals surface area contributed by atoms with Gasteiger partial charge in [-0.05, 0) is 51.7 Å². The van der Waals surface area contributed by atoms with Crippen LogP contribution in [0.25, 0.3) is 17.4 Å². The molecule has 0 unspecified atom stereocenters. The fourth-order valence-electron chi connectivity index (χ4n) is 4.36. The maximum Gasteiger partial charge on any atom is 0.326 e. The Morgan fingerprint density at radius 2 is 2.19 bits per heavy atom. The Labute approximate surface area is 187 Å². The number of carbonyl (C=O) groups is 1. The van der Waals surface area contributed by atoms with Crippen molar-refractivity contribution < 1.29 is 14.3 Å². The van der Waals surface area contributed by atoms with Crippen molar-refractivity contribution in [3.8, 4) is 0 Å². The SMILES string of the molecule is CCOC(=O)Cn1c(CC)c(/C=C2/CNC(C)(C)C2)c(=O)n2nc(C3=CCOCC3)nc12. The molecule has 0 bridgehead atoms. The van der Waals surface area contributed by atoms with Gasteiger partial charge in [-0.1, -0.05) is 18.6 Å². The fraction of sp³-hybridized carbons (Fsp3) is 0.565. The molecule has 2 aliphatic rings. The lowest BCUT2D eigenvalue weighted by molar-refractivity contribution is -0.143. The minimum Gasteiger partial charge on any atom is -0.465 e. The smallest absolute Gasteiger partial charge is 0.326 e. The fourth-order valence-corrected chi connectivity index (χ4v) is 4.36. The highest BCUT2D eigenvalue weighted by molar-refractivity contribution is 5.71. The molecule has 172 valence electrons. The second kappa shape index (κ2) is 8.99. The van der Waals surface area contributed by atoms with E-state index in [9.17, 15) is 9.59 Å². The molecule has 1 N–H and O–H groups in total. The average Bonchev–Trinajstić information content (AvgIpc) is 3.36. The van der Waals surface area contributed by atoms with Crippen LogP contribution in [0.2, 0.25) is 0 Å². The van der Waals surface area contributed by atoms with Crippen LogP contribution in [0.1, 0.15) is 57.6 Å². The highest BCUT2D eigenvalue weighted by Crippen LogP contribution is 2.25. The van der Waals surface area contributed by atoms with Gasteiger partial charge in [-0.25, -0.2) is 0 Å². The largest absolute Gasteiger partial charge is 0.465 e. The summed E-state index contributed by atoms with van der Waals surface area (Å²) in [6.45, 7) is 10.1. The van der Waals surface area contributed by atoms with Crippen LogP contribution < -0.4 is 10.9 Å². The van der Waals surface area contributed by atoms with Crippen molar-refractivity contribution in [3.63, 3.8) is 0 Å². The second-order valence-corrected chi connectivity index (χ2v) is 8.83. The van der Waals surface area contributed by atoms with Crippen molar-refractivity contribution in [3.05, 3.63) is 39.1 Å². The topological polar surface area (TPSA) is 99.8 Å². The molecule has 2 aliphatic heterocycles. The van der Waals surface area contributed by atoms with E-state index in [4.69, 9.17) is 9.47 Å². The number of hydrogen-bond donors (Lipinski definition) is 1. The van der Waals surface area contributed by atoms with Gasteiger partial charge in [0, 0.05) is 17.8 Å². The molecule has 1 saturated heterocycles. The zero-order valence-electron chi connectivity index (χ0n) is 19.2. The van der Waals surface area contributed by atoms with Crippen LogP contribution in [0.4, 0.5) is 0 Å². The molecule has 9 heteroatoms. The first-order valence-electron chi connectivity index (χ1n) is 11.2.